The summed E-state index contributed by atoms with van der Waals surface area (Å²) in [5.41, 5.74) is 6.93. The predicted molar refractivity (Wildman–Crippen MR) is 61.4 cm³/mol. The summed E-state index contributed by atoms with van der Waals surface area (Å²) in [6.07, 6.45) is 0. The highest BCUT2D eigenvalue weighted by molar-refractivity contribution is 5.72. The summed E-state index contributed by atoms with van der Waals surface area (Å²) in [5, 5.41) is 17.3. The average Bonchev–Trinajstić information content (AvgIpc) is 2.14. The number of carbonyl (C=O) groups is 2. The molecule has 0 aliphatic carbocycles. The van der Waals surface area contributed by atoms with E-state index < -0.39 is 11.9 Å². The molecule has 0 fully saturated rings. The van der Waals surface area contributed by atoms with Crippen LogP contribution < -0.4 is 5.73 Å². The van der Waals surface area contributed by atoms with Crippen molar-refractivity contribution in [1.82, 2.24) is 4.90 Å². The first-order chi connectivity index (χ1) is 7.97. The van der Waals surface area contributed by atoms with Crippen LogP contribution in [0.1, 0.15) is 5.56 Å². The lowest BCUT2D eigenvalue weighted by Gasteiger charge is -2.17. The Hall–Kier alpha value is -2.08. The van der Waals surface area contributed by atoms with Gasteiger partial charge in [0.2, 0.25) is 0 Å². The maximum Gasteiger partial charge on any atom is 0.317 e. The summed E-state index contributed by atoms with van der Waals surface area (Å²) >= 11 is 0. The van der Waals surface area contributed by atoms with Gasteiger partial charge in [-0.25, -0.2) is 0 Å². The van der Waals surface area contributed by atoms with Gasteiger partial charge in [-0.1, -0.05) is 12.1 Å². The minimum atomic E-state index is -1.06. The van der Waals surface area contributed by atoms with Gasteiger partial charge in [-0.2, -0.15) is 0 Å². The first-order valence-corrected chi connectivity index (χ1v) is 4.97. The van der Waals surface area contributed by atoms with Gasteiger partial charge in [0.25, 0.3) is 0 Å². The van der Waals surface area contributed by atoms with Crippen LogP contribution in [0.25, 0.3) is 0 Å². The van der Waals surface area contributed by atoms with Crippen molar-refractivity contribution in [1.29, 1.82) is 0 Å². The second-order valence-electron chi connectivity index (χ2n) is 3.68. The van der Waals surface area contributed by atoms with Crippen molar-refractivity contribution < 1.29 is 19.8 Å². The summed E-state index contributed by atoms with van der Waals surface area (Å²) in [6.45, 7) is -0.397. The van der Waals surface area contributed by atoms with Crippen molar-refractivity contribution in [3.05, 3.63) is 29.8 Å². The minimum absolute atomic E-state index is 0.240. The molecule has 0 atom stereocenters. The number of aliphatic carboxylic acids is 2. The molecule has 1 aromatic carbocycles. The Morgan fingerprint density at radius 3 is 2.24 bits per heavy atom. The van der Waals surface area contributed by atoms with Crippen molar-refractivity contribution in [2.45, 2.75) is 6.54 Å². The van der Waals surface area contributed by atoms with Crippen LogP contribution in [0.15, 0.2) is 24.3 Å². The van der Waals surface area contributed by atoms with Crippen molar-refractivity contribution in [2.75, 3.05) is 18.8 Å². The van der Waals surface area contributed by atoms with E-state index in [1.807, 2.05) is 0 Å². The molecule has 0 heterocycles. The number of carboxylic acid groups (broad SMARTS) is 2. The van der Waals surface area contributed by atoms with Crippen LogP contribution in [0.4, 0.5) is 5.69 Å². The number of nitrogens with two attached hydrogens (primary N) is 1. The van der Waals surface area contributed by atoms with Crippen LogP contribution in [0, 0.1) is 0 Å². The average molecular weight is 238 g/mol. The van der Waals surface area contributed by atoms with Gasteiger partial charge in [0.15, 0.2) is 0 Å². The Labute approximate surface area is 98.3 Å². The molecule has 0 aromatic heterocycles. The summed E-state index contributed by atoms with van der Waals surface area (Å²) < 4.78 is 0. The van der Waals surface area contributed by atoms with Crippen LogP contribution in [0.5, 0.6) is 0 Å². The van der Waals surface area contributed by atoms with Crippen molar-refractivity contribution in [2.24, 2.45) is 0 Å². The lowest BCUT2D eigenvalue weighted by molar-refractivity contribution is -0.142. The Bertz CT molecular complexity index is 404. The van der Waals surface area contributed by atoms with Crippen LogP contribution >= 0.6 is 0 Å². The van der Waals surface area contributed by atoms with Gasteiger partial charge in [0, 0.05) is 12.2 Å². The molecular formula is C11H14N2O4. The molecular weight excluding hydrogens is 224 g/mol. The fourth-order valence-corrected chi connectivity index (χ4v) is 1.50. The van der Waals surface area contributed by atoms with Gasteiger partial charge >= 0.3 is 11.9 Å². The van der Waals surface area contributed by atoms with Crippen molar-refractivity contribution >= 4 is 17.6 Å². The van der Waals surface area contributed by atoms with Gasteiger partial charge in [0.1, 0.15) is 0 Å². The third-order valence-corrected chi connectivity index (χ3v) is 2.07. The highest BCUT2D eigenvalue weighted by Crippen LogP contribution is 2.09. The van der Waals surface area contributed by atoms with E-state index in [0.29, 0.717) is 5.69 Å². The lowest BCUT2D eigenvalue weighted by atomic mass is 10.2. The second-order valence-corrected chi connectivity index (χ2v) is 3.68. The quantitative estimate of drug-likeness (QED) is 0.613. The second kappa shape index (κ2) is 5.86. The maximum absolute atomic E-state index is 10.6. The molecule has 0 aliphatic heterocycles. The topological polar surface area (TPSA) is 104 Å². The smallest absolute Gasteiger partial charge is 0.317 e. The van der Waals surface area contributed by atoms with Crippen LogP contribution in [-0.4, -0.2) is 40.1 Å². The van der Waals surface area contributed by atoms with E-state index >= 15 is 0 Å². The van der Waals surface area contributed by atoms with Gasteiger partial charge in [0.05, 0.1) is 13.1 Å². The van der Waals surface area contributed by atoms with Crippen LogP contribution in [0.3, 0.4) is 0 Å². The molecule has 0 bridgehead atoms. The summed E-state index contributed by atoms with van der Waals surface area (Å²) in [5.74, 6) is -2.12. The number of hydrogen-bond donors (Lipinski definition) is 3. The molecule has 6 nitrogen and oxygen atoms in total. The fourth-order valence-electron chi connectivity index (χ4n) is 1.50. The Kier molecular flexibility index (Phi) is 4.47. The molecule has 17 heavy (non-hydrogen) atoms. The number of carboxylic acids is 2. The van der Waals surface area contributed by atoms with Gasteiger partial charge < -0.3 is 15.9 Å². The third kappa shape index (κ3) is 4.98. The zero-order chi connectivity index (χ0) is 12.8. The molecule has 6 heteroatoms. The van der Waals surface area contributed by atoms with Gasteiger partial charge in [-0.3, -0.25) is 14.5 Å². The zero-order valence-electron chi connectivity index (χ0n) is 9.17. The maximum atomic E-state index is 10.6. The number of rotatable bonds is 6. The molecule has 1 rings (SSSR count). The van der Waals surface area contributed by atoms with E-state index in [9.17, 15) is 9.59 Å². The molecule has 0 spiro atoms. The first-order valence-electron chi connectivity index (χ1n) is 4.97. The summed E-state index contributed by atoms with van der Waals surface area (Å²) in [7, 11) is 0. The molecule has 0 radical (unpaired) electrons. The van der Waals surface area contributed by atoms with E-state index in [-0.39, 0.29) is 19.6 Å². The number of nitrogen functional groups attached to an aromatic ring is 1. The lowest BCUT2D eigenvalue weighted by Crippen LogP contribution is -2.33. The molecule has 0 aliphatic rings. The predicted octanol–water partition coefficient (Wildman–Crippen LogP) is 0.240. The van der Waals surface area contributed by atoms with E-state index in [1.165, 1.54) is 4.90 Å². The summed E-state index contributed by atoms with van der Waals surface area (Å²) in [6, 6.07) is 6.91. The first kappa shape index (κ1) is 13.0. The third-order valence-electron chi connectivity index (χ3n) is 2.07. The number of hydrogen-bond acceptors (Lipinski definition) is 4. The Morgan fingerprint density at radius 1 is 1.18 bits per heavy atom. The molecule has 92 valence electrons. The number of benzene rings is 1. The van der Waals surface area contributed by atoms with E-state index in [2.05, 4.69) is 0 Å². The van der Waals surface area contributed by atoms with E-state index in [4.69, 9.17) is 15.9 Å². The zero-order valence-corrected chi connectivity index (χ0v) is 9.17. The molecule has 0 unspecified atom stereocenters. The Balaban J connectivity index is 2.71. The van der Waals surface area contributed by atoms with Gasteiger partial charge in [-0.15, -0.1) is 0 Å². The molecule has 4 N–H and O–H groups in total. The monoisotopic (exact) mass is 238 g/mol. The number of nitrogens with zero attached hydrogens (tertiary/aromatic N) is 1. The fraction of sp³-hybridized carbons (Fsp3) is 0.273. The van der Waals surface area contributed by atoms with Crippen molar-refractivity contribution in [3.63, 3.8) is 0 Å². The normalized spacial score (nSPS) is 10.4. The molecule has 0 saturated carbocycles. The van der Waals surface area contributed by atoms with Crippen LogP contribution in [0.2, 0.25) is 0 Å². The minimum Gasteiger partial charge on any atom is -0.480 e. The molecule has 1 aromatic rings. The largest absolute Gasteiger partial charge is 0.480 e. The SMILES string of the molecule is Nc1cccc(CN(CC(=O)O)CC(=O)O)c1. The number of anilines is 1. The molecule has 0 saturated heterocycles. The highest BCUT2D eigenvalue weighted by Gasteiger charge is 2.13. The summed E-state index contributed by atoms with van der Waals surface area (Å²) in [4.78, 5) is 22.5. The Morgan fingerprint density at radius 2 is 1.76 bits per heavy atom. The van der Waals surface area contributed by atoms with E-state index in [1.54, 1.807) is 24.3 Å². The van der Waals surface area contributed by atoms with E-state index in [0.717, 1.165) is 5.56 Å². The highest BCUT2D eigenvalue weighted by atomic mass is 16.4. The van der Waals surface area contributed by atoms with Crippen molar-refractivity contribution in [3.8, 4) is 0 Å². The molecule has 0 amide bonds. The standard InChI is InChI=1S/C11H14N2O4/c12-9-3-1-2-8(4-9)5-13(6-10(14)15)7-11(16)17/h1-4H,5-7,12H2,(H,14,15)(H,16,17). The van der Waals surface area contributed by atoms with Gasteiger partial charge in [-0.05, 0) is 17.7 Å². The van der Waals surface area contributed by atoms with Crippen LogP contribution in [-0.2, 0) is 16.1 Å².